The number of benzene rings is 2. The number of hydrazine groups is 1. The Morgan fingerprint density at radius 1 is 0.919 bits per heavy atom. The normalized spacial score (nSPS) is 17.9. The molecule has 3 fully saturated rings. The van der Waals surface area contributed by atoms with Crippen LogP contribution in [0.2, 0.25) is 0 Å². The van der Waals surface area contributed by atoms with Crippen molar-refractivity contribution >= 4 is 61.9 Å². The molecular formula is C37H53F3K2N10O8S2. The van der Waals surface area contributed by atoms with Crippen molar-refractivity contribution in [2.75, 3.05) is 43.8 Å². The summed E-state index contributed by atoms with van der Waals surface area (Å²) in [6, 6.07) is 8.13. The Labute approximate surface area is 447 Å². The molecule has 2 heterocycles. The maximum atomic E-state index is 12.9. The summed E-state index contributed by atoms with van der Waals surface area (Å²) < 4.78 is 93.8. The monoisotopic (exact) mass is 964 g/mol. The number of carbonyl (C=O) groups is 2. The number of rotatable bonds is 8. The number of hydrazone groups is 1. The standard InChI is InChI=1S/C19H24F3N5O3S.C17H27N5O2S.CH2O3.2K.H/c1-3-23-17(27-12-18(11-24-27)8-4-5-9-18)26-31(29,30)14-6-7-15(13(2)10-14)25-16(28)19(20,21)22;1-3-19-16(22-12-17(11-20-22)8-4-5-9-17)21-25(23,24)14-6-7-15(18)13(2)10-14;2-1-4-3;;;/h6-7,10-11H,3-5,8-9,12H2,1-2H3,(H,23,26)(H,25,28);6-7,10,20H,3-5,8-9,11-12,18H2,1-2H3,(H,19,21);1,3H;;;/q;;;2*+1;-1/p-1. The molecule has 1 amide bonds. The van der Waals surface area contributed by atoms with Gasteiger partial charge in [-0.05, 0) is 101 Å². The van der Waals surface area contributed by atoms with E-state index in [1.165, 1.54) is 49.7 Å². The van der Waals surface area contributed by atoms with Gasteiger partial charge in [-0.15, -0.1) is 0 Å². The summed E-state index contributed by atoms with van der Waals surface area (Å²) in [5.74, 6) is -1.68. The number of carbonyl (C=O) groups excluding carboxylic acids is 2. The van der Waals surface area contributed by atoms with Gasteiger partial charge >= 0.3 is 115 Å². The Balaban J connectivity index is 0.000000565. The second-order valence-corrected chi connectivity index (χ2v) is 18.3. The summed E-state index contributed by atoms with van der Waals surface area (Å²) in [4.78, 5) is 31.0. The molecule has 2 saturated carbocycles. The molecule has 0 unspecified atom stereocenters. The predicted molar refractivity (Wildman–Crippen MR) is 218 cm³/mol. The van der Waals surface area contributed by atoms with Gasteiger partial charge in [0.15, 0.2) is 0 Å². The number of nitrogens with zero attached hydrogens (tertiary/aromatic N) is 5. The number of hydrogen-bond acceptors (Lipinski definition) is 13. The van der Waals surface area contributed by atoms with E-state index in [4.69, 9.17) is 15.8 Å². The van der Waals surface area contributed by atoms with Crippen molar-refractivity contribution in [1.82, 2.24) is 24.9 Å². The zero-order chi connectivity index (χ0) is 44.4. The molecule has 0 atom stereocenters. The molecule has 6 rings (SSSR count). The van der Waals surface area contributed by atoms with Crippen molar-refractivity contribution in [1.29, 1.82) is 0 Å². The SMILES string of the molecule is CCN=C(NS(=O)(=O)c1ccc(N)c(C)c1)N1CC2(CCCC2)CN1.CCN=C(NS(=O)(=O)c1ccc(NC(=O)C(F)(F)F)c(C)c1)N1CC2(C=N1)CCCC2.O=CO[O-].[H-].[K+].[K+]. The van der Waals surface area contributed by atoms with E-state index in [-0.39, 0.29) is 148 Å². The van der Waals surface area contributed by atoms with Crippen molar-refractivity contribution in [3.8, 4) is 0 Å². The molecule has 62 heavy (non-hydrogen) atoms. The van der Waals surface area contributed by atoms with Gasteiger partial charge in [-0.1, -0.05) is 25.7 Å². The van der Waals surface area contributed by atoms with E-state index >= 15 is 0 Å². The van der Waals surface area contributed by atoms with Crippen LogP contribution >= 0.6 is 0 Å². The van der Waals surface area contributed by atoms with Gasteiger partial charge in [-0.3, -0.25) is 24.6 Å². The van der Waals surface area contributed by atoms with Crippen LogP contribution < -0.4 is 134 Å². The minimum absolute atomic E-state index is 0. The smallest absolute Gasteiger partial charge is 1.00 e. The molecule has 2 aromatic carbocycles. The minimum atomic E-state index is -5.04. The first-order valence-corrected chi connectivity index (χ1v) is 22.2. The number of nitrogens with one attached hydrogen (secondary N) is 4. The second kappa shape index (κ2) is 24.7. The number of nitrogens with two attached hydrogens (primary N) is 1. The van der Waals surface area contributed by atoms with Gasteiger partial charge in [-0.25, -0.2) is 36.7 Å². The van der Waals surface area contributed by atoms with Crippen LogP contribution in [-0.2, 0) is 34.5 Å². The number of hydrogen-bond donors (Lipinski definition) is 5. The number of aryl methyl sites for hydroxylation is 2. The van der Waals surface area contributed by atoms with Gasteiger partial charge in [0.25, 0.3) is 26.5 Å². The molecule has 334 valence electrons. The van der Waals surface area contributed by atoms with Crippen LogP contribution in [0.4, 0.5) is 24.5 Å². The Kier molecular flexibility index (Phi) is 22.5. The first-order valence-electron chi connectivity index (χ1n) is 19.3. The maximum absolute atomic E-state index is 12.9. The fraction of sp³-hybridized carbons (Fsp3) is 0.541. The van der Waals surface area contributed by atoms with Gasteiger partial charge in [0.2, 0.25) is 11.9 Å². The summed E-state index contributed by atoms with van der Waals surface area (Å²) in [5.41, 5.74) is 10.6. The van der Waals surface area contributed by atoms with E-state index < -0.39 is 32.1 Å². The number of alkyl halides is 3. The van der Waals surface area contributed by atoms with Crippen LogP contribution in [0.15, 0.2) is 61.3 Å². The van der Waals surface area contributed by atoms with Crippen molar-refractivity contribution in [3.05, 3.63) is 47.5 Å². The molecule has 25 heteroatoms. The fourth-order valence-electron chi connectivity index (χ4n) is 7.34. The van der Waals surface area contributed by atoms with Gasteiger partial charge in [-0.2, -0.15) is 18.3 Å². The first-order chi connectivity index (χ1) is 28.2. The van der Waals surface area contributed by atoms with Gasteiger partial charge in [0, 0.05) is 54.6 Å². The fourth-order valence-corrected chi connectivity index (χ4v) is 9.56. The number of aliphatic imine (C=N–C) groups is 2. The van der Waals surface area contributed by atoms with Gasteiger partial charge in [0.1, 0.15) is 0 Å². The molecule has 0 aromatic heterocycles. The summed E-state index contributed by atoms with van der Waals surface area (Å²) >= 11 is 0. The summed E-state index contributed by atoms with van der Waals surface area (Å²) in [5, 5.41) is 17.9. The number of amides is 1. The zero-order valence-electron chi connectivity index (χ0n) is 36.8. The number of sulfonamides is 2. The van der Waals surface area contributed by atoms with Crippen LogP contribution in [0.3, 0.4) is 0 Å². The summed E-state index contributed by atoms with van der Waals surface area (Å²) in [6.45, 7) is 9.71. The van der Waals surface area contributed by atoms with E-state index in [1.807, 2.05) is 18.1 Å². The molecule has 2 aromatic rings. The largest absolute Gasteiger partial charge is 1.00 e. The zero-order valence-corrected chi connectivity index (χ0v) is 43.7. The Hall–Kier alpha value is -1.73. The Bertz CT molecular complexity index is 2180. The maximum Gasteiger partial charge on any atom is 1.00 e. The van der Waals surface area contributed by atoms with E-state index in [0.717, 1.165) is 56.5 Å². The molecule has 18 nitrogen and oxygen atoms in total. The molecule has 2 spiro atoms. The van der Waals surface area contributed by atoms with Crippen molar-refractivity contribution in [3.63, 3.8) is 0 Å². The minimum Gasteiger partial charge on any atom is -1.00 e. The van der Waals surface area contributed by atoms with Crippen LogP contribution in [0.1, 0.15) is 77.8 Å². The Morgan fingerprint density at radius 3 is 1.95 bits per heavy atom. The molecule has 6 N–H and O–H groups in total. The first kappa shape index (κ1) is 56.4. The molecule has 2 aliphatic carbocycles. The predicted octanol–water partition coefficient (Wildman–Crippen LogP) is -2.82. The molecule has 1 saturated heterocycles. The number of anilines is 2. The molecule has 0 bridgehead atoms. The number of halogens is 3. The van der Waals surface area contributed by atoms with Crippen LogP contribution in [-0.4, -0.2) is 96.3 Å². The van der Waals surface area contributed by atoms with E-state index in [1.54, 1.807) is 31.3 Å². The van der Waals surface area contributed by atoms with Crippen molar-refractivity contribution in [2.24, 2.45) is 25.9 Å². The molecule has 2 aliphatic heterocycles. The van der Waals surface area contributed by atoms with Crippen LogP contribution in [0.25, 0.3) is 0 Å². The summed E-state index contributed by atoms with van der Waals surface area (Å²) in [6.07, 6.45) is 5.84. The molecule has 4 aliphatic rings. The van der Waals surface area contributed by atoms with E-state index in [0.29, 0.717) is 31.3 Å². The average molecular weight is 965 g/mol. The third-order valence-corrected chi connectivity index (χ3v) is 13.2. The van der Waals surface area contributed by atoms with Gasteiger partial charge in [0.05, 0.1) is 16.3 Å². The van der Waals surface area contributed by atoms with Gasteiger partial charge < -0.3 is 22.6 Å². The third kappa shape index (κ3) is 15.4. The topological polar surface area (TPSA) is 252 Å². The average Bonchev–Trinajstić information content (AvgIpc) is 4.03. The third-order valence-electron chi connectivity index (χ3n) is 10.5. The van der Waals surface area contributed by atoms with Crippen LogP contribution in [0.5, 0.6) is 0 Å². The Morgan fingerprint density at radius 2 is 1.44 bits per heavy atom. The summed E-state index contributed by atoms with van der Waals surface area (Å²) in [7, 11) is -7.79. The van der Waals surface area contributed by atoms with Crippen molar-refractivity contribution < 1.29 is 154 Å². The second-order valence-electron chi connectivity index (χ2n) is 14.9. The number of guanidine groups is 2. The van der Waals surface area contributed by atoms with Crippen molar-refractivity contribution in [2.45, 2.75) is 95.0 Å². The van der Waals surface area contributed by atoms with Crippen LogP contribution in [0, 0.1) is 24.7 Å². The van der Waals surface area contributed by atoms with E-state index in [2.05, 4.69) is 34.8 Å². The molecular weight excluding hydrogens is 912 g/mol. The quantitative estimate of drug-likeness (QED) is 0.0342. The molecule has 0 radical (unpaired) electrons. The van der Waals surface area contributed by atoms with E-state index in [9.17, 15) is 34.8 Å². The number of nitrogen functional groups attached to an aromatic ring is 1.